The number of hydrogen-bond donors (Lipinski definition) is 1. The number of rotatable bonds is 4. The quantitative estimate of drug-likeness (QED) is 0.725. The summed E-state index contributed by atoms with van der Waals surface area (Å²) in [4.78, 5) is 25.1. The van der Waals surface area contributed by atoms with Gasteiger partial charge in [-0.3, -0.25) is 4.79 Å². The number of benzene rings is 2. The number of nitriles is 1. The van der Waals surface area contributed by atoms with E-state index >= 15 is 0 Å². The zero-order valence-electron chi connectivity index (χ0n) is 16.7. The largest absolute Gasteiger partial charge is 0.353 e. The van der Waals surface area contributed by atoms with Crippen molar-refractivity contribution in [2.45, 2.75) is 6.92 Å². The Morgan fingerprint density at radius 3 is 2.47 bits per heavy atom. The van der Waals surface area contributed by atoms with Crippen LogP contribution < -0.4 is 10.2 Å². The monoisotopic (exact) mass is 398 g/mol. The van der Waals surface area contributed by atoms with E-state index in [9.17, 15) is 4.79 Å². The Morgan fingerprint density at radius 1 is 1.00 bits per heavy atom. The molecule has 0 atom stereocenters. The number of carbonyl (C=O) groups excluding carboxylic acids is 1. The lowest BCUT2D eigenvalue weighted by atomic mass is 10.2. The summed E-state index contributed by atoms with van der Waals surface area (Å²) in [6, 6.07) is 21.2. The van der Waals surface area contributed by atoms with Crippen LogP contribution in [0.1, 0.15) is 12.5 Å². The van der Waals surface area contributed by atoms with Crippen LogP contribution in [0.2, 0.25) is 0 Å². The predicted octanol–water partition coefficient (Wildman–Crippen LogP) is 3.43. The molecule has 1 saturated heterocycles. The van der Waals surface area contributed by atoms with Gasteiger partial charge >= 0.3 is 0 Å². The van der Waals surface area contributed by atoms with Crippen LogP contribution in [0, 0.1) is 11.3 Å². The van der Waals surface area contributed by atoms with E-state index in [1.54, 1.807) is 19.1 Å². The first-order valence-corrected chi connectivity index (χ1v) is 9.84. The highest BCUT2D eigenvalue weighted by Gasteiger charge is 2.21. The van der Waals surface area contributed by atoms with Gasteiger partial charge in [-0.05, 0) is 18.2 Å². The molecule has 1 aromatic heterocycles. The maximum Gasteiger partial charge on any atom is 0.219 e. The summed E-state index contributed by atoms with van der Waals surface area (Å²) in [5, 5.41) is 12.5. The average Bonchev–Trinajstić information content (AvgIpc) is 2.79. The Labute approximate surface area is 175 Å². The molecule has 1 amide bonds. The first-order valence-electron chi connectivity index (χ1n) is 9.84. The van der Waals surface area contributed by atoms with Crippen molar-refractivity contribution in [3.63, 3.8) is 0 Å². The van der Waals surface area contributed by atoms with Crippen molar-refractivity contribution in [1.29, 1.82) is 5.26 Å². The molecule has 0 unspecified atom stereocenters. The summed E-state index contributed by atoms with van der Waals surface area (Å²) in [7, 11) is 0. The molecule has 0 aliphatic carbocycles. The topological polar surface area (TPSA) is 85.2 Å². The summed E-state index contributed by atoms with van der Waals surface area (Å²) in [5.41, 5.74) is 2.30. The van der Waals surface area contributed by atoms with E-state index in [0.29, 0.717) is 43.4 Å². The van der Waals surface area contributed by atoms with Gasteiger partial charge in [0.25, 0.3) is 0 Å². The maximum atomic E-state index is 11.6. The summed E-state index contributed by atoms with van der Waals surface area (Å²) >= 11 is 0. The molecular weight excluding hydrogens is 376 g/mol. The van der Waals surface area contributed by atoms with Crippen molar-refractivity contribution < 1.29 is 4.79 Å². The number of hydrogen-bond acceptors (Lipinski definition) is 6. The number of carbonyl (C=O) groups is 1. The van der Waals surface area contributed by atoms with Crippen molar-refractivity contribution in [1.82, 2.24) is 14.9 Å². The Morgan fingerprint density at radius 2 is 1.77 bits per heavy atom. The van der Waals surface area contributed by atoms with Gasteiger partial charge in [0.1, 0.15) is 11.6 Å². The van der Waals surface area contributed by atoms with E-state index in [-0.39, 0.29) is 5.91 Å². The first kappa shape index (κ1) is 19.4. The van der Waals surface area contributed by atoms with Crippen molar-refractivity contribution in [3.05, 3.63) is 66.2 Å². The number of amides is 1. The minimum absolute atomic E-state index is 0.0991. The van der Waals surface area contributed by atoms with E-state index in [1.165, 1.54) is 0 Å². The molecule has 1 aliphatic rings. The molecular formula is C23H22N6O. The zero-order chi connectivity index (χ0) is 20.9. The van der Waals surface area contributed by atoms with E-state index < -0.39 is 0 Å². The molecule has 150 valence electrons. The zero-order valence-corrected chi connectivity index (χ0v) is 16.7. The Bertz CT molecular complexity index is 1080. The molecule has 2 aromatic carbocycles. The number of piperazine rings is 1. The normalized spacial score (nSPS) is 13.6. The van der Waals surface area contributed by atoms with Crippen LogP contribution >= 0.6 is 0 Å². The lowest BCUT2D eigenvalue weighted by Gasteiger charge is -2.35. The summed E-state index contributed by atoms with van der Waals surface area (Å²) in [5.74, 6) is 2.19. The molecule has 30 heavy (non-hydrogen) atoms. The van der Waals surface area contributed by atoms with Crippen LogP contribution in [0.4, 0.5) is 17.3 Å². The minimum atomic E-state index is 0.0991. The van der Waals surface area contributed by atoms with Gasteiger partial charge in [0, 0.05) is 50.4 Å². The molecule has 0 saturated carbocycles. The smallest absolute Gasteiger partial charge is 0.219 e. The standard InChI is InChI=1S/C23H22N6O/c1-17(30)28-10-12-29(13-11-28)22-15-21(25-20-9-5-6-18(14-20)16-24)26-23(27-22)19-7-3-2-4-8-19/h2-9,14-15H,10-13H2,1H3,(H,25,26,27). The third-order valence-electron chi connectivity index (χ3n) is 5.06. The van der Waals surface area contributed by atoms with Crippen molar-refractivity contribution in [3.8, 4) is 17.5 Å². The van der Waals surface area contributed by atoms with Crippen LogP contribution in [0.15, 0.2) is 60.7 Å². The molecule has 3 aromatic rings. The first-order chi connectivity index (χ1) is 14.6. The molecule has 1 N–H and O–H groups in total. The van der Waals surface area contributed by atoms with Crippen LogP contribution in [-0.4, -0.2) is 47.0 Å². The SMILES string of the molecule is CC(=O)N1CCN(c2cc(Nc3cccc(C#N)c3)nc(-c3ccccc3)n2)CC1. The number of nitrogens with zero attached hydrogens (tertiary/aromatic N) is 5. The van der Waals surface area contributed by atoms with Crippen LogP contribution in [0.3, 0.4) is 0 Å². The van der Waals surface area contributed by atoms with Gasteiger partial charge in [-0.15, -0.1) is 0 Å². The number of nitrogens with one attached hydrogen (secondary N) is 1. The second-order valence-corrected chi connectivity index (χ2v) is 7.11. The predicted molar refractivity (Wildman–Crippen MR) is 116 cm³/mol. The van der Waals surface area contributed by atoms with Crippen molar-refractivity contribution in [2.24, 2.45) is 0 Å². The van der Waals surface area contributed by atoms with Crippen molar-refractivity contribution >= 4 is 23.2 Å². The van der Waals surface area contributed by atoms with Gasteiger partial charge in [0.2, 0.25) is 5.91 Å². The second-order valence-electron chi connectivity index (χ2n) is 7.11. The molecule has 7 nitrogen and oxygen atoms in total. The summed E-state index contributed by atoms with van der Waals surface area (Å²) in [6.45, 7) is 4.38. The maximum absolute atomic E-state index is 11.6. The third-order valence-corrected chi connectivity index (χ3v) is 5.06. The van der Waals surface area contributed by atoms with Crippen molar-refractivity contribution in [2.75, 3.05) is 36.4 Å². The average molecular weight is 398 g/mol. The highest BCUT2D eigenvalue weighted by atomic mass is 16.2. The number of anilines is 3. The Hall–Kier alpha value is -3.92. The molecule has 4 rings (SSSR count). The van der Waals surface area contributed by atoms with Gasteiger partial charge in [-0.1, -0.05) is 36.4 Å². The fourth-order valence-corrected chi connectivity index (χ4v) is 3.44. The number of aromatic nitrogens is 2. The van der Waals surface area contributed by atoms with E-state index in [1.807, 2.05) is 53.4 Å². The molecule has 7 heteroatoms. The lowest BCUT2D eigenvalue weighted by molar-refractivity contribution is -0.129. The molecule has 0 radical (unpaired) electrons. The molecule has 0 bridgehead atoms. The fraction of sp³-hybridized carbons (Fsp3) is 0.217. The van der Waals surface area contributed by atoms with Gasteiger partial charge in [-0.2, -0.15) is 5.26 Å². The lowest BCUT2D eigenvalue weighted by Crippen LogP contribution is -2.48. The highest BCUT2D eigenvalue weighted by molar-refractivity contribution is 5.73. The molecule has 1 fully saturated rings. The Kier molecular flexibility index (Phi) is 5.57. The van der Waals surface area contributed by atoms with Gasteiger partial charge < -0.3 is 15.1 Å². The van der Waals surface area contributed by atoms with E-state index in [4.69, 9.17) is 15.2 Å². The Balaban J connectivity index is 1.66. The summed E-state index contributed by atoms with van der Waals surface area (Å²) in [6.07, 6.45) is 0. The molecule has 2 heterocycles. The fourth-order valence-electron chi connectivity index (χ4n) is 3.44. The molecule has 0 spiro atoms. The second kappa shape index (κ2) is 8.62. The van der Waals surface area contributed by atoms with Crippen LogP contribution in [0.25, 0.3) is 11.4 Å². The van der Waals surface area contributed by atoms with Gasteiger partial charge in [-0.25, -0.2) is 9.97 Å². The molecule has 1 aliphatic heterocycles. The van der Waals surface area contributed by atoms with Gasteiger partial charge in [0.05, 0.1) is 11.6 Å². The third kappa shape index (κ3) is 4.39. The van der Waals surface area contributed by atoms with Crippen LogP contribution in [0.5, 0.6) is 0 Å². The minimum Gasteiger partial charge on any atom is -0.353 e. The van der Waals surface area contributed by atoms with E-state index in [0.717, 1.165) is 17.1 Å². The van der Waals surface area contributed by atoms with E-state index in [2.05, 4.69) is 16.3 Å². The highest BCUT2D eigenvalue weighted by Crippen LogP contribution is 2.25. The van der Waals surface area contributed by atoms with Gasteiger partial charge in [0.15, 0.2) is 5.82 Å². The van der Waals surface area contributed by atoms with Crippen LogP contribution in [-0.2, 0) is 4.79 Å². The summed E-state index contributed by atoms with van der Waals surface area (Å²) < 4.78 is 0.